The summed E-state index contributed by atoms with van der Waals surface area (Å²) in [6, 6.07) is 8.71. The van der Waals surface area contributed by atoms with Gasteiger partial charge in [0.2, 0.25) is 0 Å². The van der Waals surface area contributed by atoms with Gasteiger partial charge in [0.25, 0.3) is 0 Å². The quantitative estimate of drug-likeness (QED) is 0.430. The minimum absolute atomic E-state index is 0.333. The largest absolute Gasteiger partial charge is 0.497 e. The molecule has 0 spiro atoms. The van der Waals surface area contributed by atoms with Crippen molar-refractivity contribution in [1.29, 1.82) is 0 Å². The third-order valence-corrected chi connectivity index (χ3v) is 4.37. The lowest BCUT2D eigenvalue weighted by atomic mass is 10.1. The van der Waals surface area contributed by atoms with Gasteiger partial charge in [0.15, 0.2) is 5.96 Å². The van der Waals surface area contributed by atoms with Crippen LogP contribution >= 0.6 is 0 Å². The normalized spacial score (nSPS) is 16.9. The van der Waals surface area contributed by atoms with Crippen molar-refractivity contribution < 1.29 is 9.47 Å². The van der Waals surface area contributed by atoms with Crippen molar-refractivity contribution in [2.45, 2.75) is 18.9 Å². The Morgan fingerprint density at radius 2 is 1.88 bits per heavy atom. The molecule has 1 aromatic rings. The molecule has 1 saturated heterocycles. The molecule has 1 atom stereocenters. The molecule has 0 saturated carbocycles. The van der Waals surface area contributed by atoms with Crippen molar-refractivity contribution in [3.05, 3.63) is 29.8 Å². The van der Waals surface area contributed by atoms with Crippen molar-refractivity contribution in [3.63, 3.8) is 0 Å². The Hall–Kier alpha value is -1.79. The highest BCUT2D eigenvalue weighted by Crippen LogP contribution is 2.26. The van der Waals surface area contributed by atoms with Crippen molar-refractivity contribution in [3.8, 4) is 5.75 Å². The predicted octanol–water partition coefficient (Wildman–Crippen LogP) is 1.64. The van der Waals surface area contributed by atoms with Gasteiger partial charge < -0.3 is 20.1 Å². The fourth-order valence-corrected chi connectivity index (χ4v) is 3.02. The van der Waals surface area contributed by atoms with E-state index in [1.807, 2.05) is 12.1 Å². The molecule has 0 bridgehead atoms. The smallest absolute Gasteiger partial charge is 0.191 e. The fourth-order valence-electron chi connectivity index (χ4n) is 3.02. The van der Waals surface area contributed by atoms with E-state index in [9.17, 15) is 0 Å². The molecule has 2 rings (SSSR count). The highest BCUT2D eigenvalue weighted by atomic mass is 16.5. The number of guanidine groups is 1. The van der Waals surface area contributed by atoms with Crippen LogP contribution in [-0.2, 0) is 4.74 Å². The number of methoxy groups -OCH3 is 2. The molecular formula is C18H30N4O2. The molecule has 134 valence electrons. The number of rotatable bonds is 8. The molecule has 6 heteroatoms. The van der Waals surface area contributed by atoms with Gasteiger partial charge in [-0.05, 0) is 43.6 Å². The number of aliphatic imine (C=N–C) groups is 1. The van der Waals surface area contributed by atoms with Crippen LogP contribution in [0.25, 0.3) is 0 Å². The van der Waals surface area contributed by atoms with E-state index in [0.29, 0.717) is 12.6 Å². The number of benzene rings is 1. The van der Waals surface area contributed by atoms with Crippen LogP contribution in [0.1, 0.15) is 24.4 Å². The lowest BCUT2D eigenvalue weighted by Gasteiger charge is -2.29. The van der Waals surface area contributed by atoms with E-state index >= 15 is 0 Å². The Kier molecular flexibility index (Phi) is 7.85. The number of ether oxygens (including phenoxy) is 2. The van der Waals surface area contributed by atoms with Crippen molar-refractivity contribution in [2.24, 2.45) is 4.99 Å². The standard InChI is InChI=1S/C18H30N4O2/c1-19-18(20-10-13-23-2)21-14-17(22-11-4-5-12-22)15-6-8-16(24-3)9-7-15/h6-9,17H,4-5,10-14H2,1-3H3,(H2,19,20,21). The topological polar surface area (TPSA) is 58.1 Å². The zero-order valence-corrected chi connectivity index (χ0v) is 15.0. The number of nitrogens with zero attached hydrogens (tertiary/aromatic N) is 2. The molecule has 2 N–H and O–H groups in total. The summed E-state index contributed by atoms with van der Waals surface area (Å²) in [6.45, 7) is 4.52. The van der Waals surface area contributed by atoms with Gasteiger partial charge in [-0.3, -0.25) is 9.89 Å². The Bertz CT molecular complexity index is 498. The second kappa shape index (κ2) is 10.2. The first-order valence-electron chi connectivity index (χ1n) is 8.60. The second-order valence-electron chi connectivity index (χ2n) is 5.90. The maximum absolute atomic E-state index is 5.27. The van der Waals surface area contributed by atoms with Crippen LogP contribution in [0.4, 0.5) is 0 Å². The molecular weight excluding hydrogens is 304 g/mol. The van der Waals surface area contributed by atoms with Crippen LogP contribution in [0.15, 0.2) is 29.3 Å². The summed E-state index contributed by atoms with van der Waals surface area (Å²) in [5.74, 6) is 1.70. The zero-order chi connectivity index (χ0) is 17.2. The summed E-state index contributed by atoms with van der Waals surface area (Å²) in [5.41, 5.74) is 1.30. The maximum atomic E-state index is 5.27. The third-order valence-electron chi connectivity index (χ3n) is 4.37. The average molecular weight is 334 g/mol. The third kappa shape index (κ3) is 5.39. The minimum Gasteiger partial charge on any atom is -0.497 e. The first-order valence-corrected chi connectivity index (χ1v) is 8.60. The Balaban J connectivity index is 2.00. The van der Waals surface area contributed by atoms with Gasteiger partial charge in [-0.25, -0.2) is 0 Å². The van der Waals surface area contributed by atoms with Gasteiger partial charge >= 0.3 is 0 Å². The van der Waals surface area contributed by atoms with E-state index in [-0.39, 0.29) is 0 Å². The van der Waals surface area contributed by atoms with E-state index in [4.69, 9.17) is 9.47 Å². The minimum atomic E-state index is 0.333. The Morgan fingerprint density at radius 3 is 2.46 bits per heavy atom. The summed E-state index contributed by atoms with van der Waals surface area (Å²) in [4.78, 5) is 6.82. The zero-order valence-electron chi connectivity index (χ0n) is 15.0. The number of hydrogen-bond acceptors (Lipinski definition) is 4. The van der Waals surface area contributed by atoms with Crippen LogP contribution in [0.3, 0.4) is 0 Å². The van der Waals surface area contributed by atoms with Gasteiger partial charge in [-0.2, -0.15) is 0 Å². The summed E-state index contributed by atoms with van der Waals surface area (Å²) in [5, 5.41) is 6.70. The van der Waals surface area contributed by atoms with Crippen LogP contribution in [0.2, 0.25) is 0 Å². The number of hydrogen-bond donors (Lipinski definition) is 2. The predicted molar refractivity (Wildman–Crippen MR) is 97.8 cm³/mol. The lowest BCUT2D eigenvalue weighted by Crippen LogP contribution is -2.43. The van der Waals surface area contributed by atoms with Gasteiger partial charge in [0.05, 0.1) is 19.8 Å². The lowest BCUT2D eigenvalue weighted by molar-refractivity contribution is 0.203. The molecule has 1 unspecified atom stereocenters. The molecule has 1 fully saturated rings. The summed E-state index contributed by atoms with van der Waals surface area (Å²) >= 11 is 0. The highest BCUT2D eigenvalue weighted by Gasteiger charge is 2.23. The Morgan fingerprint density at radius 1 is 1.17 bits per heavy atom. The molecule has 0 radical (unpaired) electrons. The van der Waals surface area contributed by atoms with Crippen LogP contribution in [0, 0.1) is 0 Å². The number of nitrogens with one attached hydrogen (secondary N) is 2. The highest BCUT2D eigenvalue weighted by molar-refractivity contribution is 5.79. The van der Waals surface area contributed by atoms with Crippen molar-refractivity contribution in [2.75, 3.05) is 54.1 Å². The number of likely N-dealkylation sites (tertiary alicyclic amines) is 1. The molecule has 0 amide bonds. The van der Waals surface area contributed by atoms with E-state index in [2.05, 4.69) is 32.7 Å². The summed E-state index contributed by atoms with van der Waals surface area (Å²) in [7, 11) is 5.19. The van der Waals surface area contributed by atoms with Crippen LogP contribution in [0.5, 0.6) is 5.75 Å². The van der Waals surface area contributed by atoms with E-state index in [1.165, 1.54) is 18.4 Å². The fraction of sp³-hybridized carbons (Fsp3) is 0.611. The molecule has 1 aliphatic rings. The summed E-state index contributed by atoms with van der Waals surface area (Å²) < 4.78 is 10.3. The molecule has 0 aromatic heterocycles. The van der Waals surface area contributed by atoms with Crippen molar-refractivity contribution >= 4 is 5.96 Å². The molecule has 1 heterocycles. The van der Waals surface area contributed by atoms with Crippen LogP contribution in [-0.4, -0.2) is 64.9 Å². The molecule has 0 aliphatic carbocycles. The molecule has 24 heavy (non-hydrogen) atoms. The van der Waals surface area contributed by atoms with E-state index < -0.39 is 0 Å². The monoisotopic (exact) mass is 334 g/mol. The van der Waals surface area contributed by atoms with Gasteiger partial charge in [0.1, 0.15) is 5.75 Å². The second-order valence-corrected chi connectivity index (χ2v) is 5.90. The van der Waals surface area contributed by atoms with Gasteiger partial charge in [0, 0.05) is 27.2 Å². The van der Waals surface area contributed by atoms with Gasteiger partial charge in [-0.15, -0.1) is 0 Å². The first kappa shape index (κ1) is 18.5. The van der Waals surface area contributed by atoms with E-state index in [1.54, 1.807) is 21.3 Å². The SMILES string of the molecule is CN=C(NCCOC)NCC(c1ccc(OC)cc1)N1CCCC1. The first-order chi connectivity index (χ1) is 11.8. The van der Waals surface area contributed by atoms with Crippen molar-refractivity contribution in [1.82, 2.24) is 15.5 Å². The van der Waals surface area contributed by atoms with Gasteiger partial charge in [-0.1, -0.05) is 12.1 Å². The van der Waals surface area contributed by atoms with E-state index in [0.717, 1.165) is 37.9 Å². The average Bonchev–Trinajstić information content (AvgIpc) is 3.15. The van der Waals surface area contributed by atoms with Crippen LogP contribution < -0.4 is 15.4 Å². The maximum Gasteiger partial charge on any atom is 0.191 e. The molecule has 6 nitrogen and oxygen atoms in total. The Labute approximate surface area is 145 Å². The summed E-state index contributed by atoms with van der Waals surface area (Å²) in [6.07, 6.45) is 2.54. The molecule has 1 aromatic carbocycles. The molecule has 1 aliphatic heterocycles.